The minimum absolute atomic E-state index is 0. The number of rotatable bonds is 6. The van der Waals surface area contributed by atoms with E-state index in [1.54, 1.807) is 21.5 Å². The van der Waals surface area contributed by atoms with E-state index in [1.807, 2.05) is 0 Å². The maximum absolute atomic E-state index is 2.53. The summed E-state index contributed by atoms with van der Waals surface area (Å²) in [7, 11) is -2.59. The van der Waals surface area contributed by atoms with Crippen molar-refractivity contribution in [2.75, 3.05) is 0 Å². The van der Waals surface area contributed by atoms with E-state index in [4.69, 9.17) is 0 Å². The Morgan fingerprint density at radius 3 is 1.36 bits per heavy atom. The van der Waals surface area contributed by atoms with Gasteiger partial charge in [-0.3, -0.25) is 0 Å². The molecule has 0 heterocycles. The van der Waals surface area contributed by atoms with Gasteiger partial charge in [-0.2, -0.15) is 39.7 Å². The van der Waals surface area contributed by atoms with E-state index in [2.05, 4.69) is 159 Å². The summed E-state index contributed by atoms with van der Waals surface area (Å²) in [5.41, 5.74) is 3.43. The van der Waals surface area contributed by atoms with Crippen LogP contribution in [0.4, 0.5) is 0 Å². The zero-order valence-electron chi connectivity index (χ0n) is 29.1. The van der Waals surface area contributed by atoms with Crippen LogP contribution in [0.2, 0.25) is 39.3 Å². The van der Waals surface area contributed by atoms with Crippen molar-refractivity contribution in [3.8, 4) is 0 Å². The molecule has 5 heteroatoms. The van der Waals surface area contributed by atoms with Crippen LogP contribution in [0.5, 0.6) is 0 Å². The van der Waals surface area contributed by atoms with Crippen LogP contribution in [0, 0.1) is 0 Å². The van der Waals surface area contributed by atoms with Crippen LogP contribution < -0.4 is 10.4 Å². The van der Waals surface area contributed by atoms with Crippen molar-refractivity contribution in [2.45, 2.75) is 155 Å². The first-order valence-corrected chi connectivity index (χ1v) is 24.8. The van der Waals surface area contributed by atoms with Crippen molar-refractivity contribution >= 4 is 42.4 Å². The zero-order valence-corrected chi connectivity index (χ0v) is 34.0. The summed E-state index contributed by atoms with van der Waals surface area (Å²) >= 11 is 0. The summed E-state index contributed by atoms with van der Waals surface area (Å²) in [6.07, 6.45) is 2.57. The molecule has 0 saturated heterocycles. The third-order valence-electron chi connectivity index (χ3n) is 7.38. The van der Waals surface area contributed by atoms with Gasteiger partial charge in [-0.15, -0.1) is 7.92 Å². The minimum Gasteiger partial charge on any atom is -0.214 e. The molecule has 0 aliphatic rings. The van der Waals surface area contributed by atoms with E-state index in [0.29, 0.717) is 20.6 Å². The fourth-order valence-corrected chi connectivity index (χ4v) is 16.1. The molecule has 2 aromatic carbocycles. The Kier molecular flexibility index (Phi) is 14.1. The van der Waals surface area contributed by atoms with E-state index in [1.165, 1.54) is 12.3 Å². The molecule has 0 atom stereocenters. The molecule has 0 nitrogen and oxygen atoms in total. The van der Waals surface area contributed by atoms with Crippen LogP contribution in [0.1, 0.15) is 94.2 Å². The standard InChI is InChI=1S/C26H51P2Si.C8H13Si.Fe/c1-23(2,3)27(24(4,5)6)18-20-16-17-22(29(13,14)15)21(20)19-28(25(7,8)9)26(10,11)12;1-9(2,3)8-6-4-5-7-8;/h16-17H,18-19H2,1-15H3;4-7H,1-3H3;/q2*-1;+2. The normalized spacial score (nSPS) is 13.8. The van der Waals surface area contributed by atoms with Crippen molar-refractivity contribution in [3.63, 3.8) is 0 Å². The second-order valence-corrected chi connectivity index (χ2v) is 35.1. The monoisotopic (exact) mass is 646 g/mol. The molecular weight excluding hydrogens is 582 g/mol. The minimum atomic E-state index is -1.37. The zero-order chi connectivity index (χ0) is 30.1. The Balaban J connectivity index is 0.00000122. The topological polar surface area (TPSA) is 0 Å². The molecule has 0 bridgehead atoms. The predicted molar refractivity (Wildman–Crippen MR) is 190 cm³/mol. The fraction of sp³-hybridized carbons (Fsp3) is 0.706. The van der Waals surface area contributed by atoms with Gasteiger partial charge in [0, 0.05) is 8.07 Å². The molecule has 226 valence electrons. The Hall–Kier alpha value is 0.513. The van der Waals surface area contributed by atoms with Gasteiger partial charge in [0.2, 0.25) is 0 Å². The maximum Gasteiger partial charge on any atom is 2.00 e. The Labute approximate surface area is 261 Å². The quantitative estimate of drug-likeness (QED) is 0.166. The molecule has 2 rings (SSSR count). The van der Waals surface area contributed by atoms with Gasteiger partial charge in [0.1, 0.15) is 0 Å². The van der Waals surface area contributed by atoms with Crippen molar-refractivity contribution in [3.05, 3.63) is 47.5 Å². The van der Waals surface area contributed by atoms with Gasteiger partial charge in [0.15, 0.2) is 0 Å². The summed E-state index contributed by atoms with van der Waals surface area (Å²) < 4.78 is 0. The molecule has 0 aliphatic carbocycles. The van der Waals surface area contributed by atoms with Crippen LogP contribution >= 0.6 is 15.8 Å². The molecule has 2 aromatic rings. The Bertz CT molecular complexity index is 949. The van der Waals surface area contributed by atoms with Gasteiger partial charge in [0.05, 0.1) is 8.07 Å². The fourth-order valence-electron chi connectivity index (χ4n) is 5.76. The van der Waals surface area contributed by atoms with E-state index in [-0.39, 0.29) is 32.9 Å². The molecule has 0 unspecified atom stereocenters. The summed E-state index contributed by atoms with van der Waals surface area (Å²) in [5, 5.41) is 4.78. The summed E-state index contributed by atoms with van der Waals surface area (Å²) in [4.78, 5) is 0. The Morgan fingerprint density at radius 1 is 0.667 bits per heavy atom. The summed E-state index contributed by atoms with van der Waals surface area (Å²) in [5.74, 6) is 0. The van der Waals surface area contributed by atoms with E-state index < -0.39 is 16.1 Å². The van der Waals surface area contributed by atoms with E-state index in [9.17, 15) is 0 Å². The van der Waals surface area contributed by atoms with Crippen molar-refractivity contribution in [1.82, 2.24) is 0 Å². The number of hydrogen-bond acceptors (Lipinski definition) is 0. The molecule has 0 N–H and O–H groups in total. The first kappa shape index (κ1) is 39.5. The summed E-state index contributed by atoms with van der Waals surface area (Å²) in [6.45, 7) is 44.3. The molecular formula is C34H64FeP2Si2. The van der Waals surface area contributed by atoms with Crippen molar-refractivity contribution in [2.24, 2.45) is 0 Å². The van der Waals surface area contributed by atoms with Gasteiger partial charge in [0.25, 0.3) is 0 Å². The second-order valence-electron chi connectivity index (χ2n) is 17.3. The van der Waals surface area contributed by atoms with Gasteiger partial charge in [-0.1, -0.05) is 136 Å². The largest absolute Gasteiger partial charge is 2.00 e. The first-order valence-electron chi connectivity index (χ1n) is 14.7. The van der Waals surface area contributed by atoms with Crippen LogP contribution in [-0.4, -0.2) is 36.8 Å². The first-order chi connectivity index (χ1) is 16.7. The van der Waals surface area contributed by atoms with Gasteiger partial charge in [-0.05, 0) is 26.8 Å². The second kappa shape index (κ2) is 13.9. The van der Waals surface area contributed by atoms with Crippen LogP contribution in [0.15, 0.2) is 36.4 Å². The van der Waals surface area contributed by atoms with Gasteiger partial charge < -0.3 is 0 Å². The van der Waals surface area contributed by atoms with E-state index in [0.717, 1.165) is 0 Å². The molecule has 0 spiro atoms. The molecule has 0 amide bonds. The van der Waals surface area contributed by atoms with Crippen LogP contribution in [-0.2, 0) is 29.4 Å². The molecule has 0 radical (unpaired) electrons. The van der Waals surface area contributed by atoms with Gasteiger partial charge >= 0.3 is 17.1 Å². The van der Waals surface area contributed by atoms with Crippen LogP contribution in [0.25, 0.3) is 0 Å². The average Bonchev–Trinajstić information content (AvgIpc) is 3.30. The molecule has 0 aromatic heterocycles. The molecule has 0 saturated carbocycles. The van der Waals surface area contributed by atoms with Crippen molar-refractivity contribution in [1.29, 1.82) is 0 Å². The molecule has 0 aliphatic heterocycles. The number of hydrogen-bond donors (Lipinski definition) is 0. The average molecular weight is 647 g/mol. The molecule has 39 heavy (non-hydrogen) atoms. The smallest absolute Gasteiger partial charge is 0.214 e. The predicted octanol–water partition coefficient (Wildman–Crippen LogP) is 11.1. The summed E-state index contributed by atoms with van der Waals surface area (Å²) in [6, 6.07) is 13.7. The van der Waals surface area contributed by atoms with E-state index >= 15 is 0 Å². The SMILES string of the molecule is CC(C)(C)P(Cc1cc[c-]([Si](C)(C)C)c1CP(C(C)(C)C)C(C)(C)C)C(C)(C)C.C[Si](C)(C)c1ccc[cH-]1.[Fe+2]. The third-order valence-corrected chi connectivity index (χ3v) is 19.3. The van der Waals surface area contributed by atoms with Crippen LogP contribution in [0.3, 0.4) is 0 Å². The van der Waals surface area contributed by atoms with Gasteiger partial charge in [-0.25, -0.2) is 18.2 Å². The maximum atomic E-state index is 2.53. The third kappa shape index (κ3) is 12.3. The Morgan fingerprint density at radius 2 is 1.08 bits per heavy atom. The van der Waals surface area contributed by atoms with Crippen molar-refractivity contribution < 1.29 is 17.1 Å². The molecule has 0 fully saturated rings.